The maximum atomic E-state index is 12.0. The molecule has 1 heterocycles. The van der Waals surface area contributed by atoms with E-state index in [-0.39, 0.29) is 17.2 Å². The average molecular weight is 268 g/mol. The molecule has 2 atom stereocenters. The van der Waals surface area contributed by atoms with Crippen molar-refractivity contribution in [3.05, 3.63) is 29.0 Å². The van der Waals surface area contributed by atoms with Crippen molar-refractivity contribution in [2.24, 2.45) is 5.92 Å². The SMILES string of the molecule is CCC1CCCCC1OC(=O)c1cccnc1Cl. The van der Waals surface area contributed by atoms with Crippen LogP contribution in [0.15, 0.2) is 18.3 Å². The second-order valence-corrected chi connectivity index (χ2v) is 5.10. The van der Waals surface area contributed by atoms with Crippen molar-refractivity contribution < 1.29 is 9.53 Å². The lowest BCUT2D eigenvalue weighted by molar-refractivity contribution is 0.000690. The number of nitrogens with zero attached hydrogens (tertiary/aromatic N) is 1. The minimum atomic E-state index is -0.349. The zero-order chi connectivity index (χ0) is 13.0. The van der Waals surface area contributed by atoms with Gasteiger partial charge in [-0.2, -0.15) is 0 Å². The van der Waals surface area contributed by atoms with Crippen LogP contribution in [-0.4, -0.2) is 17.1 Å². The topological polar surface area (TPSA) is 39.2 Å². The summed E-state index contributed by atoms with van der Waals surface area (Å²) in [4.78, 5) is 15.9. The maximum absolute atomic E-state index is 12.0. The third-order valence-electron chi connectivity index (χ3n) is 3.60. The molecule has 0 amide bonds. The fraction of sp³-hybridized carbons (Fsp3) is 0.571. The van der Waals surface area contributed by atoms with Gasteiger partial charge >= 0.3 is 5.97 Å². The fourth-order valence-corrected chi connectivity index (χ4v) is 2.73. The summed E-state index contributed by atoms with van der Waals surface area (Å²) in [6.45, 7) is 2.15. The van der Waals surface area contributed by atoms with Crippen molar-refractivity contribution in [1.82, 2.24) is 4.98 Å². The summed E-state index contributed by atoms with van der Waals surface area (Å²) in [5, 5.41) is 0.214. The Balaban J connectivity index is 2.04. The predicted molar refractivity (Wildman–Crippen MR) is 70.7 cm³/mol. The Hall–Kier alpha value is -1.09. The molecule has 98 valence electrons. The number of aromatic nitrogens is 1. The van der Waals surface area contributed by atoms with Gasteiger partial charge in [0.2, 0.25) is 0 Å². The van der Waals surface area contributed by atoms with Crippen molar-refractivity contribution in [1.29, 1.82) is 0 Å². The average Bonchev–Trinajstić information content (AvgIpc) is 2.39. The molecule has 3 nitrogen and oxygen atoms in total. The van der Waals surface area contributed by atoms with Crippen LogP contribution < -0.4 is 0 Å². The smallest absolute Gasteiger partial charge is 0.341 e. The largest absolute Gasteiger partial charge is 0.458 e. The van der Waals surface area contributed by atoms with E-state index in [1.165, 1.54) is 6.42 Å². The van der Waals surface area contributed by atoms with Crippen LogP contribution in [0.2, 0.25) is 5.15 Å². The van der Waals surface area contributed by atoms with Gasteiger partial charge in [-0.3, -0.25) is 0 Å². The lowest BCUT2D eigenvalue weighted by atomic mass is 9.85. The number of ether oxygens (including phenoxy) is 1. The van der Waals surface area contributed by atoms with E-state index in [0.717, 1.165) is 25.7 Å². The first-order valence-corrected chi connectivity index (χ1v) is 6.91. The normalized spacial score (nSPS) is 23.7. The molecule has 18 heavy (non-hydrogen) atoms. The van der Waals surface area contributed by atoms with Crippen molar-refractivity contribution in [3.8, 4) is 0 Å². The molecular formula is C14H18ClNO2. The van der Waals surface area contributed by atoms with E-state index in [9.17, 15) is 4.79 Å². The van der Waals surface area contributed by atoms with E-state index in [4.69, 9.17) is 16.3 Å². The highest BCUT2D eigenvalue weighted by Gasteiger charge is 2.27. The van der Waals surface area contributed by atoms with Crippen LogP contribution in [0, 0.1) is 5.92 Å². The Bertz CT molecular complexity index is 422. The number of hydrogen-bond donors (Lipinski definition) is 0. The second-order valence-electron chi connectivity index (χ2n) is 4.74. The molecule has 2 unspecified atom stereocenters. The van der Waals surface area contributed by atoms with Gasteiger partial charge in [0.25, 0.3) is 0 Å². The van der Waals surface area contributed by atoms with Crippen molar-refractivity contribution in [2.45, 2.75) is 45.1 Å². The summed E-state index contributed by atoms with van der Waals surface area (Å²) < 4.78 is 5.60. The van der Waals surface area contributed by atoms with Gasteiger partial charge in [-0.05, 0) is 43.7 Å². The molecule has 0 bridgehead atoms. The monoisotopic (exact) mass is 267 g/mol. The van der Waals surface area contributed by atoms with Gasteiger partial charge < -0.3 is 4.74 Å². The second kappa shape index (κ2) is 6.19. The number of halogens is 1. The molecule has 0 saturated heterocycles. The number of hydrogen-bond acceptors (Lipinski definition) is 3. The summed E-state index contributed by atoms with van der Waals surface area (Å²) in [6, 6.07) is 3.35. The quantitative estimate of drug-likeness (QED) is 0.617. The van der Waals surface area contributed by atoms with E-state index < -0.39 is 0 Å². The third kappa shape index (κ3) is 3.02. The van der Waals surface area contributed by atoms with Gasteiger partial charge in [-0.1, -0.05) is 24.9 Å². The Morgan fingerprint density at radius 1 is 1.50 bits per heavy atom. The molecule has 0 spiro atoms. The molecule has 4 heteroatoms. The van der Waals surface area contributed by atoms with Crippen LogP contribution >= 0.6 is 11.6 Å². The van der Waals surface area contributed by atoms with Crippen LogP contribution in [-0.2, 0) is 4.74 Å². The van der Waals surface area contributed by atoms with E-state index in [0.29, 0.717) is 11.5 Å². The minimum Gasteiger partial charge on any atom is -0.458 e. The first kappa shape index (κ1) is 13.3. The molecule has 0 radical (unpaired) electrons. The number of pyridine rings is 1. The van der Waals surface area contributed by atoms with Crippen molar-refractivity contribution in [2.75, 3.05) is 0 Å². The van der Waals surface area contributed by atoms with E-state index >= 15 is 0 Å². The molecule has 1 fully saturated rings. The van der Waals surface area contributed by atoms with E-state index in [2.05, 4.69) is 11.9 Å². The van der Waals surface area contributed by atoms with E-state index in [1.54, 1.807) is 18.3 Å². The summed E-state index contributed by atoms with van der Waals surface area (Å²) in [7, 11) is 0. The summed E-state index contributed by atoms with van der Waals surface area (Å²) >= 11 is 5.90. The van der Waals surface area contributed by atoms with Crippen molar-refractivity contribution >= 4 is 17.6 Å². The molecule has 1 aromatic rings. The molecule has 1 saturated carbocycles. The third-order valence-corrected chi connectivity index (χ3v) is 3.90. The number of carbonyl (C=O) groups excluding carboxylic acids is 1. The van der Waals surface area contributed by atoms with Crippen LogP contribution in [0.1, 0.15) is 49.4 Å². The molecule has 1 aliphatic carbocycles. The summed E-state index contributed by atoms with van der Waals surface area (Å²) in [6.07, 6.45) is 7.13. The van der Waals surface area contributed by atoms with Gasteiger partial charge in [0, 0.05) is 6.20 Å². The summed E-state index contributed by atoms with van der Waals surface area (Å²) in [5.74, 6) is 0.136. The first-order chi connectivity index (χ1) is 8.72. The minimum absolute atomic E-state index is 0.0347. The van der Waals surface area contributed by atoms with Crippen LogP contribution in [0.25, 0.3) is 0 Å². The number of carbonyl (C=O) groups is 1. The Morgan fingerprint density at radius 2 is 2.28 bits per heavy atom. The number of esters is 1. The predicted octanol–water partition coefficient (Wildman–Crippen LogP) is 3.86. The van der Waals surface area contributed by atoms with Gasteiger partial charge in [-0.25, -0.2) is 9.78 Å². The van der Waals surface area contributed by atoms with Gasteiger partial charge in [0.1, 0.15) is 11.3 Å². The van der Waals surface area contributed by atoms with Crippen molar-refractivity contribution in [3.63, 3.8) is 0 Å². The molecular weight excluding hydrogens is 250 g/mol. The van der Waals surface area contributed by atoms with Crippen LogP contribution in [0.5, 0.6) is 0 Å². The maximum Gasteiger partial charge on any atom is 0.341 e. The molecule has 1 aromatic heterocycles. The molecule has 2 rings (SSSR count). The molecule has 1 aliphatic rings. The van der Waals surface area contributed by atoms with Gasteiger partial charge in [0.05, 0.1) is 5.56 Å². The standard InChI is InChI=1S/C14H18ClNO2/c1-2-10-6-3-4-8-12(10)18-14(17)11-7-5-9-16-13(11)15/h5,7,9-10,12H,2-4,6,8H2,1H3. The molecule has 0 aromatic carbocycles. The Labute approximate surface area is 113 Å². The highest BCUT2D eigenvalue weighted by Crippen LogP contribution is 2.30. The van der Waals surface area contributed by atoms with Crippen LogP contribution in [0.4, 0.5) is 0 Å². The zero-order valence-corrected chi connectivity index (χ0v) is 11.3. The molecule has 0 N–H and O–H groups in total. The zero-order valence-electron chi connectivity index (χ0n) is 10.6. The highest BCUT2D eigenvalue weighted by molar-refractivity contribution is 6.32. The Morgan fingerprint density at radius 3 is 3.00 bits per heavy atom. The van der Waals surface area contributed by atoms with E-state index in [1.807, 2.05) is 0 Å². The lowest BCUT2D eigenvalue weighted by Gasteiger charge is -2.30. The Kier molecular flexibility index (Phi) is 4.59. The first-order valence-electron chi connectivity index (χ1n) is 6.54. The number of rotatable bonds is 3. The fourth-order valence-electron chi connectivity index (χ4n) is 2.54. The molecule has 0 aliphatic heterocycles. The van der Waals surface area contributed by atoms with Crippen LogP contribution in [0.3, 0.4) is 0 Å². The lowest BCUT2D eigenvalue weighted by Crippen LogP contribution is -2.29. The van der Waals surface area contributed by atoms with Gasteiger partial charge in [0.15, 0.2) is 0 Å². The highest BCUT2D eigenvalue weighted by atomic mass is 35.5. The van der Waals surface area contributed by atoms with Gasteiger partial charge in [-0.15, -0.1) is 0 Å². The summed E-state index contributed by atoms with van der Waals surface area (Å²) in [5.41, 5.74) is 0.361.